The van der Waals surface area contributed by atoms with Gasteiger partial charge in [-0.2, -0.15) is 0 Å². The van der Waals surface area contributed by atoms with E-state index in [1.807, 2.05) is 24.4 Å². The molecule has 0 bridgehead atoms. The lowest BCUT2D eigenvalue weighted by atomic mass is 10.1. The molecule has 128 valence electrons. The molecule has 5 nitrogen and oxygen atoms in total. The normalized spacial score (nSPS) is 20.4. The highest BCUT2D eigenvalue weighted by molar-refractivity contribution is 9.10. The van der Waals surface area contributed by atoms with Crippen LogP contribution in [0.4, 0.5) is 5.69 Å². The Kier molecular flexibility index (Phi) is 4.26. The number of sulfonamides is 1. The van der Waals surface area contributed by atoms with E-state index in [-0.39, 0.29) is 5.25 Å². The van der Waals surface area contributed by atoms with Crippen molar-refractivity contribution in [3.05, 3.63) is 34.9 Å². The zero-order chi connectivity index (χ0) is 16.7. The van der Waals surface area contributed by atoms with E-state index in [4.69, 9.17) is 0 Å². The number of nitrogens with one attached hydrogen (secondary N) is 1. The molecule has 2 aliphatic rings. The molecule has 0 unspecified atom stereocenters. The van der Waals surface area contributed by atoms with Gasteiger partial charge >= 0.3 is 0 Å². The Hall–Kier alpha value is -1.18. The van der Waals surface area contributed by atoms with Gasteiger partial charge in [0.2, 0.25) is 10.0 Å². The number of benzene rings is 1. The van der Waals surface area contributed by atoms with Crippen molar-refractivity contribution in [3.63, 3.8) is 0 Å². The van der Waals surface area contributed by atoms with Crippen LogP contribution < -0.4 is 5.32 Å². The van der Waals surface area contributed by atoms with Crippen LogP contribution in [0.2, 0.25) is 0 Å². The third kappa shape index (κ3) is 3.17. The Morgan fingerprint density at radius 3 is 2.58 bits per heavy atom. The molecule has 1 aliphatic heterocycles. The van der Waals surface area contributed by atoms with Crippen LogP contribution in [0.15, 0.2) is 34.9 Å². The molecular weight excluding hydrogens is 390 g/mol. The first-order valence-corrected chi connectivity index (χ1v) is 10.6. The minimum atomic E-state index is -3.04. The van der Waals surface area contributed by atoms with E-state index in [0.717, 1.165) is 46.7 Å². The highest BCUT2D eigenvalue weighted by atomic mass is 79.9. The number of nitrogens with zero attached hydrogens (tertiary/aromatic N) is 2. The molecule has 7 heteroatoms. The molecule has 0 spiro atoms. The van der Waals surface area contributed by atoms with E-state index >= 15 is 0 Å². The Bertz CT molecular complexity index is 859. The Morgan fingerprint density at radius 1 is 1.12 bits per heavy atom. The average molecular weight is 410 g/mol. The summed E-state index contributed by atoms with van der Waals surface area (Å²) in [6, 6.07) is 8.33. The molecule has 2 fully saturated rings. The molecule has 0 atom stereocenters. The van der Waals surface area contributed by atoms with Gasteiger partial charge in [-0.3, -0.25) is 4.98 Å². The maximum Gasteiger partial charge on any atom is 0.216 e. The average Bonchev–Trinajstić information content (AvgIpc) is 3.41. The highest BCUT2D eigenvalue weighted by Gasteiger charge is 2.41. The molecule has 2 heterocycles. The van der Waals surface area contributed by atoms with Gasteiger partial charge < -0.3 is 5.32 Å². The van der Waals surface area contributed by atoms with Crippen molar-refractivity contribution in [2.24, 2.45) is 0 Å². The molecule has 24 heavy (non-hydrogen) atoms. The van der Waals surface area contributed by atoms with Gasteiger partial charge in [0, 0.05) is 40.9 Å². The first-order chi connectivity index (χ1) is 11.5. The van der Waals surface area contributed by atoms with E-state index in [9.17, 15) is 8.42 Å². The van der Waals surface area contributed by atoms with Crippen LogP contribution in [0.25, 0.3) is 10.9 Å². The zero-order valence-electron chi connectivity index (χ0n) is 13.3. The van der Waals surface area contributed by atoms with Gasteiger partial charge in [-0.1, -0.05) is 15.9 Å². The minimum Gasteiger partial charge on any atom is -0.382 e. The van der Waals surface area contributed by atoms with Gasteiger partial charge in [-0.15, -0.1) is 0 Å². The number of anilines is 1. The molecule has 4 rings (SSSR count). The lowest BCUT2D eigenvalue weighted by molar-refractivity contribution is 0.329. The van der Waals surface area contributed by atoms with Crippen LogP contribution in [0.3, 0.4) is 0 Å². The standard InChI is InChI=1S/C17H20BrN3O2S/c18-12-1-4-16-15(11-12)17(5-8-19-16)20-13-6-9-21(10-7-13)24(22,23)14-2-3-14/h1,4-5,8,11,13-14H,2-3,6-7,9-10H2,(H,19,20). The van der Waals surface area contributed by atoms with Crippen LogP contribution in [0.5, 0.6) is 0 Å². The summed E-state index contributed by atoms with van der Waals surface area (Å²) in [4.78, 5) is 4.40. The fraction of sp³-hybridized carbons (Fsp3) is 0.471. The fourth-order valence-corrected chi connectivity index (χ4v) is 5.53. The first kappa shape index (κ1) is 16.3. The fourth-order valence-electron chi connectivity index (χ4n) is 3.30. The summed E-state index contributed by atoms with van der Waals surface area (Å²) in [5.41, 5.74) is 2.02. The van der Waals surface area contributed by atoms with Gasteiger partial charge in [0.1, 0.15) is 0 Å². The number of hydrogen-bond donors (Lipinski definition) is 1. The maximum absolute atomic E-state index is 12.3. The van der Waals surface area contributed by atoms with Gasteiger partial charge in [-0.05, 0) is 49.9 Å². The number of fused-ring (bicyclic) bond motifs is 1. The van der Waals surface area contributed by atoms with E-state index in [0.29, 0.717) is 19.1 Å². The number of pyridine rings is 1. The van der Waals surface area contributed by atoms with Crippen LogP contribution in [0, 0.1) is 0 Å². The first-order valence-electron chi connectivity index (χ1n) is 8.34. The smallest absolute Gasteiger partial charge is 0.216 e. The SMILES string of the molecule is O=S(=O)(C1CC1)N1CCC(Nc2ccnc3ccc(Br)cc23)CC1. The maximum atomic E-state index is 12.3. The second-order valence-electron chi connectivity index (χ2n) is 6.58. The van der Waals surface area contributed by atoms with Crippen LogP contribution in [0.1, 0.15) is 25.7 Å². The van der Waals surface area contributed by atoms with Gasteiger partial charge in [0.15, 0.2) is 0 Å². The number of piperidine rings is 1. The van der Waals surface area contributed by atoms with Crippen molar-refractivity contribution < 1.29 is 8.42 Å². The predicted molar refractivity (Wildman–Crippen MR) is 99.6 cm³/mol. The Morgan fingerprint density at radius 2 is 1.88 bits per heavy atom. The van der Waals surface area contributed by atoms with Gasteiger partial charge in [0.25, 0.3) is 0 Å². The third-order valence-corrected chi connectivity index (χ3v) is 7.71. The summed E-state index contributed by atoms with van der Waals surface area (Å²) in [6.07, 6.45) is 5.15. The quantitative estimate of drug-likeness (QED) is 0.840. The minimum absolute atomic E-state index is 0.108. The highest BCUT2D eigenvalue weighted by Crippen LogP contribution is 2.33. The van der Waals surface area contributed by atoms with Crippen molar-refractivity contribution in [2.45, 2.75) is 37.0 Å². The largest absolute Gasteiger partial charge is 0.382 e. The van der Waals surface area contributed by atoms with E-state index in [2.05, 4.69) is 32.3 Å². The summed E-state index contributed by atoms with van der Waals surface area (Å²) < 4.78 is 27.3. The summed E-state index contributed by atoms with van der Waals surface area (Å²) in [5.74, 6) is 0. The summed E-state index contributed by atoms with van der Waals surface area (Å²) in [6.45, 7) is 1.23. The molecule has 1 aliphatic carbocycles. The predicted octanol–water partition coefficient (Wildman–Crippen LogP) is 3.37. The lowest BCUT2D eigenvalue weighted by Crippen LogP contribution is -2.43. The van der Waals surface area contributed by atoms with Crippen molar-refractivity contribution in [3.8, 4) is 0 Å². The van der Waals surface area contributed by atoms with Crippen molar-refractivity contribution in [1.29, 1.82) is 0 Å². The number of hydrogen-bond acceptors (Lipinski definition) is 4. The van der Waals surface area contributed by atoms with E-state index < -0.39 is 10.0 Å². The molecule has 0 amide bonds. The molecule has 1 saturated carbocycles. The molecule has 1 saturated heterocycles. The van der Waals surface area contributed by atoms with Crippen molar-refractivity contribution in [2.75, 3.05) is 18.4 Å². The van der Waals surface area contributed by atoms with E-state index in [1.54, 1.807) is 4.31 Å². The van der Waals surface area contributed by atoms with E-state index in [1.165, 1.54) is 0 Å². The topological polar surface area (TPSA) is 62.3 Å². The number of aromatic nitrogens is 1. The summed E-state index contributed by atoms with van der Waals surface area (Å²) in [7, 11) is -3.04. The second kappa shape index (κ2) is 6.28. The molecule has 1 N–H and O–H groups in total. The van der Waals surface area contributed by atoms with Crippen molar-refractivity contribution in [1.82, 2.24) is 9.29 Å². The van der Waals surface area contributed by atoms with Crippen LogP contribution >= 0.6 is 15.9 Å². The zero-order valence-corrected chi connectivity index (χ0v) is 15.7. The molecule has 1 aromatic carbocycles. The summed E-state index contributed by atoms with van der Waals surface area (Å²) in [5, 5.41) is 4.56. The third-order valence-electron chi connectivity index (χ3n) is 4.82. The second-order valence-corrected chi connectivity index (χ2v) is 9.71. The monoisotopic (exact) mass is 409 g/mol. The summed E-state index contributed by atoms with van der Waals surface area (Å²) >= 11 is 3.51. The number of halogens is 1. The molecule has 2 aromatic rings. The lowest BCUT2D eigenvalue weighted by Gasteiger charge is -2.32. The Labute approximate surface area is 150 Å². The molecule has 0 radical (unpaired) electrons. The molecule has 1 aromatic heterocycles. The van der Waals surface area contributed by atoms with Crippen LogP contribution in [-0.4, -0.2) is 42.1 Å². The number of rotatable bonds is 4. The van der Waals surface area contributed by atoms with Crippen molar-refractivity contribution >= 4 is 42.5 Å². The Balaban J connectivity index is 1.47. The molecular formula is C17H20BrN3O2S. The van der Waals surface area contributed by atoms with Gasteiger partial charge in [-0.25, -0.2) is 12.7 Å². The van der Waals surface area contributed by atoms with Gasteiger partial charge in [0.05, 0.1) is 10.8 Å². The van der Waals surface area contributed by atoms with Crippen LogP contribution in [-0.2, 0) is 10.0 Å².